The summed E-state index contributed by atoms with van der Waals surface area (Å²) in [5.74, 6) is 1.93. The largest absolute Gasteiger partial charge is 0.208 e. The predicted octanol–water partition coefficient (Wildman–Crippen LogP) is 13.8. The Bertz CT molecular complexity index is 2860. The quantitative estimate of drug-likeness (QED) is 0.154. The molecule has 0 spiro atoms. The standard InChI is InChI=1S/C53H35N3/c1-5-17-36(18-6-1)42-33-43(37-19-7-2-8-20-37)35-44(34-42)50-48-28-16-14-26-46(48)45-25-13-15-27-47(45)49(50)38-29-31-41(32-30-38)53-55-51(39-21-9-3-10-22-39)54-52(56-53)40-23-11-4-12-24-40/h1-35H. The summed E-state index contributed by atoms with van der Waals surface area (Å²) in [7, 11) is 0. The average Bonchev–Trinajstić information content (AvgIpc) is 3.29. The van der Waals surface area contributed by atoms with Gasteiger partial charge < -0.3 is 0 Å². The van der Waals surface area contributed by atoms with Crippen molar-refractivity contribution in [2.75, 3.05) is 0 Å². The first-order chi connectivity index (χ1) is 27.8. The molecular formula is C53H35N3. The zero-order valence-electron chi connectivity index (χ0n) is 30.5. The van der Waals surface area contributed by atoms with Crippen LogP contribution in [-0.4, -0.2) is 15.0 Å². The predicted molar refractivity (Wildman–Crippen MR) is 233 cm³/mol. The number of nitrogens with zero attached hydrogens (tertiary/aromatic N) is 3. The molecule has 3 heteroatoms. The van der Waals surface area contributed by atoms with Gasteiger partial charge >= 0.3 is 0 Å². The first-order valence-corrected chi connectivity index (χ1v) is 18.9. The lowest BCUT2D eigenvalue weighted by molar-refractivity contribution is 1.07. The summed E-state index contributed by atoms with van der Waals surface area (Å²) in [5, 5.41) is 4.88. The Kier molecular flexibility index (Phi) is 8.51. The maximum Gasteiger partial charge on any atom is 0.164 e. The van der Waals surface area contributed by atoms with Crippen molar-refractivity contribution in [3.8, 4) is 78.7 Å². The van der Waals surface area contributed by atoms with Crippen molar-refractivity contribution in [2.45, 2.75) is 0 Å². The summed E-state index contributed by atoms with van der Waals surface area (Å²) in [5.41, 5.74) is 12.2. The van der Waals surface area contributed by atoms with E-state index in [1.807, 2.05) is 60.7 Å². The minimum Gasteiger partial charge on any atom is -0.208 e. The molecule has 9 aromatic carbocycles. The summed E-state index contributed by atoms with van der Waals surface area (Å²) in [6.07, 6.45) is 0. The Labute approximate surface area is 326 Å². The molecule has 0 N–H and O–H groups in total. The van der Waals surface area contributed by atoms with Crippen molar-refractivity contribution >= 4 is 21.5 Å². The van der Waals surface area contributed by atoms with Gasteiger partial charge in [0.15, 0.2) is 17.5 Å². The summed E-state index contributed by atoms with van der Waals surface area (Å²) in [6, 6.07) is 75.0. The number of aromatic nitrogens is 3. The van der Waals surface area contributed by atoms with E-state index in [1.165, 1.54) is 60.5 Å². The van der Waals surface area contributed by atoms with Gasteiger partial charge in [-0.25, -0.2) is 15.0 Å². The van der Waals surface area contributed by atoms with Crippen molar-refractivity contribution in [3.63, 3.8) is 0 Å². The zero-order chi connectivity index (χ0) is 37.3. The molecule has 3 nitrogen and oxygen atoms in total. The lowest BCUT2D eigenvalue weighted by atomic mass is 9.83. The minimum atomic E-state index is 0.635. The van der Waals surface area contributed by atoms with Crippen LogP contribution < -0.4 is 0 Å². The highest BCUT2D eigenvalue weighted by molar-refractivity contribution is 6.21. The highest BCUT2D eigenvalue weighted by Crippen LogP contribution is 2.46. The molecule has 0 fully saturated rings. The van der Waals surface area contributed by atoms with Crippen LogP contribution in [0.2, 0.25) is 0 Å². The Morgan fingerprint density at radius 1 is 0.196 bits per heavy atom. The summed E-state index contributed by atoms with van der Waals surface area (Å²) >= 11 is 0. The van der Waals surface area contributed by atoms with Crippen molar-refractivity contribution in [1.82, 2.24) is 15.0 Å². The van der Waals surface area contributed by atoms with E-state index in [2.05, 4.69) is 152 Å². The smallest absolute Gasteiger partial charge is 0.164 e. The molecule has 10 aromatic rings. The molecule has 0 aliphatic rings. The SMILES string of the molecule is c1ccc(-c2cc(-c3ccccc3)cc(-c3c(-c4ccc(-c5nc(-c6ccccc6)nc(-c6ccccc6)n5)cc4)c4ccccc4c4ccccc34)c2)cc1. The first-order valence-electron chi connectivity index (χ1n) is 18.9. The molecule has 262 valence electrons. The second kappa shape index (κ2) is 14.4. The van der Waals surface area contributed by atoms with Crippen LogP contribution in [0.25, 0.3) is 100 Å². The van der Waals surface area contributed by atoms with Gasteiger partial charge in [-0.15, -0.1) is 0 Å². The monoisotopic (exact) mass is 713 g/mol. The van der Waals surface area contributed by atoms with E-state index in [-0.39, 0.29) is 0 Å². The van der Waals surface area contributed by atoms with Crippen LogP contribution in [0.15, 0.2) is 212 Å². The molecule has 0 amide bonds. The van der Waals surface area contributed by atoms with Crippen molar-refractivity contribution in [1.29, 1.82) is 0 Å². The number of benzene rings is 9. The zero-order valence-corrected chi connectivity index (χ0v) is 30.5. The van der Waals surface area contributed by atoms with E-state index in [1.54, 1.807) is 0 Å². The number of rotatable bonds is 7. The first kappa shape index (κ1) is 33.1. The second-order valence-electron chi connectivity index (χ2n) is 14.0. The molecule has 0 radical (unpaired) electrons. The Balaban J connectivity index is 1.20. The van der Waals surface area contributed by atoms with Crippen LogP contribution in [-0.2, 0) is 0 Å². The fourth-order valence-electron chi connectivity index (χ4n) is 7.83. The lowest BCUT2D eigenvalue weighted by Gasteiger charge is -2.20. The Hall–Kier alpha value is -7.49. The molecule has 0 aliphatic carbocycles. The third-order valence-corrected chi connectivity index (χ3v) is 10.5. The van der Waals surface area contributed by atoms with Gasteiger partial charge in [-0.1, -0.05) is 194 Å². The Morgan fingerprint density at radius 3 is 0.893 bits per heavy atom. The van der Waals surface area contributed by atoms with Crippen LogP contribution >= 0.6 is 0 Å². The van der Waals surface area contributed by atoms with Gasteiger partial charge in [0, 0.05) is 16.7 Å². The van der Waals surface area contributed by atoms with Gasteiger partial charge in [0.2, 0.25) is 0 Å². The Morgan fingerprint density at radius 2 is 0.482 bits per heavy atom. The molecule has 1 heterocycles. The van der Waals surface area contributed by atoms with Crippen molar-refractivity contribution in [3.05, 3.63) is 212 Å². The molecule has 10 rings (SSSR count). The third kappa shape index (κ3) is 6.21. The van der Waals surface area contributed by atoms with Crippen LogP contribution in [0.4, 0.5) is 0 Å². The van der Waals surface area contributed by atoms with Gasteiger partial charge in [-0.2, -0.15) is 0 Å². The highest BCUT2D eigenvalue weighted by atomic mass is 15.0. The molecule has 0 bridgehead atoms. The van der Waals surface area contributed by atoms with E-state index in [0.29, 0.717) is 17.5 Å². The van der Waals surface area contributed by atoms with E-state index in [9.17, 15) is 0 Å². The summed E-state index contributed by atoms with van der Waals surface area (Å²) in [4.78, 5) is 14.9. The van der Waals surface area contributed by atoms with Gasteiger partial charge in [0.05, 0.1) is 0 Å². The van der Waals surface area contributed by atoms with Crippen LogP contribution in [0.1, 0.15) is 0 Å². The van der Waals surface area contributed by atoms with E-state index in [0.717, 1.165) is 22.3 Å². The van der Waals surface area contributed by atoms with E-state index < -0.39 is 0 Å². The number of hydrogen-bond acceptors (Lipinski definition) is 3. The summed E-state index contributed by atoms with van der Waals surface area (Å²) < 4.78 is 0. The molecule has 0 atom stereocenters. The molecule has 0 saturated carbocycles. The van der Waals surface area contributed by atoms with Crippen molar-refractivity contribution < 1.29 is 0 Å². The van der Waals surface area contributed by atoms with Crippen molar-refractivity contribution in [2.24, 2.45) is 0 Å². The van der Waals surface area contributed by atoms with Gasteiger partial charge in [-0.05, 0) is 84.3 Å². The lowest BCUT2D eigenvalue weighted by Crippen LogP contribution is -2.00. The third-order valence-electron chi connectivity index (χ3n) is 10.5. The molecule has 56 heavy (non-hydrogen) atoms. The van der Waals surface area contributed by atoms with Gasteiger partial charge in [-0.3, -0.25) is 0 Å². The summed E-state index contributed by atoms with van der Waals surface area (Å²) in [6.45, 7) is 0. The maximum atomic E-state index is 5.01. The fraction of sp³-hybridized carbons (Fsp3) is 0. The number of hydrogen-bond donors (Lipinski definition) is 0. The minimum absolute atomic E-state index is 0.635. The van der Waals surface area contributed by atoms with Crippen LogP contribution in [0.5, 0.6) is 0 Å². The van der Waals surface area contributed by atoms with E-state index in [4.69, 9.17) is 15.0 Å². The van der Waals surface area contributed by atoms with Gasteiger partial charge in [0.1, 0.15) is 0 Å². The molecule has 0 unspecified atom stereocenters. The molecule has 0 saturated heterocycles. The molecular weight excluding hydrogens is 679 g/mol. The maximum absolute atomic E-state index is 5.01. The van der Waals surface area contributed by atoms with Crippen LogP contribution in [0, 0.1) is 0 Å². The van der Waals surface area contributed by atoms with E-state index >= 15 is 0 Å². The molecule has 0 aliphatic heterocycles. The van der Waals surface area contributed by atoms with Crippen LogP contribution in [0.3, 0.4) is 0 Å². The normalized spacial score (nSPS) is 11.2. The fourth-order valence-corrected chi connectivity index (χ4v) is 7.83. The topological polar surface area (TPSA) is 38.7 Å². The highest BCUT2D eigenvalue weighted by Gasteiger charge is 2.20. The van der Waals surface area contributed by atoms with Gasteiger partial charge in [0.25, 0.3) is 0 Å². The molecule has 1 aromatic heterocycles. The average molecular weight is 714 g/mol. The second-order valence-corrected chi connectivity index (χ2v) is 14.0. The number of fused-ring (bicyclic) bond motifs is 3.